The molecule has 2 unspecified atom stereocenters. The zero-order valence-electron chi connectivity index (χ0n) is 13.0. The number of hydrogen-bond donors (Lipinski definition) is 1. The number of likely N-dealkylation sites (tertiary alicyclic amines) is 2. The second-order valence-electron chi connectivity index (χ2n) is 6.88. The number of hydrogen-bond acceptors (Lipinski definition) is 4. The minimum Gasteiger partial charge on any atom is -0.381 e. The Morgan fingerprint density at radius 2 is 1.95 bits per heavy atom. The number of piperidine rings is 2. The van der Waals surface area contributed by atoms with Crippen LogP contribution in [0.25, 0.3) is 0 Å². The van der Waals surface area contributed by atoms with Crippen LogP contribution in [0.15, 0.2) is 0 Å². The summed E-state index contributed by atoms with van der Waals surface area (Å²) >= 11 is 0. The van der Waals surface area contributed by atoms with E-state index in [1.165, 1.54) is 58.3 Å². The van der Waals surface area contributed by atoms with E-state index in [0.717, 1.165) is 31.7 Å². The Kier molecular flexibility index (Phi) is 5.32. The van der Waals surface area contributed by atoms with Gasteiger partial charge in [0, 0.05) is 44.9 Å². The van der Waals surface area contributed by atoms with E-state index in [0.29, 0.717) is 6.04 Å². The molecule has 3 heterocycles. The van der Waals surface area contributed by atoms with Crippen molar-refractivity contribution in [2.75, 3.05) is 53.0 Å². The molecule has 3 fully saturated rings. The van der Waals surface area contributed by atoms with Gasteiger partial charge in [0.25, 0.3) is 0 Å². The van der Waals surface area contributed by atoms with Gasteiger partial charge in [-0.2, -0.15) is 0 Å². The quantitative estimate of drug-likeness (QED) is 0.837. The molecule has 0 aromatic heterocycles. The summed E-state index contributed by atoms with van der Waals surface area (Å²) in [6.45, 7) is 8.19. The van der Waals surface area contributed by atoms with Crippen LogP contribution in [-0.2, 0) is 4.74 Å². The van der Waals surface area contributed by atoms with E-state index >= 15 is 0 Å². The van der Waals surface area contributed by atoms with Crippen molar-refractivity contribution < 1.29 is 4.74 Å². The van der Waals surface area contributed by atoms with Crippen molar-refractivity contribution in [3.8, 4) is 0 Å². The maximum absolute atomic E-state index is 5.41. The molecule has 4 heteroatoms. The topological polar surface area (TPSA) is 27.7 Å². The first-order valence-electron chi connectivity index (χ1n) is 8.56. The molecule has 0 aromatic rings. The molecule has 0 bridgehead atoms. The molecule has 20 heavy (non-hydrogen) atoms. The van der Waals surface area contributed by atoms with Crippen LogP contribution in [0.1, 0.15) is 32.1 Å². The fourth-order valence-corrected chi connectivity index (χ4v) is 4.26. The summed E-state index contributed by atoms with van der Waals surface area (Å²) in [4.78, 5) is 5.29. The second-order valence-corrected chi connectivity index (χ2v) is 6.88. The predicted octanol–water partition coefficient (Wildman–Crippen LogP) is 1.17. The van der Waals surface area contributed by atoms with Crippen molar-refractivity contribution in [3.63, 3.8) is 0 Å². The first-order valence-corrected chi connectivity index (χ1v) is 8.56. The van der Waals surface area contributed by atoms with E-state index < -0.39 is 0 Å². The third-order valence-electron chi connectivity index (χ3n) is 5.51. The van der Waals surface area contributed by atoms with Crippen LogP contribution in [0.4, 0.5) is 0 Å². The van der Waals surface area contributed by atoms with Crippen LogP contribution < -0.4 is 5.32 Å². The summed E-state index contributed by atoms with van der Waals surface area (Å²) in [5, 5.41) is 3.72. The third kappa shape index (κ3) is 3.73. The minimum atomic E-state index is 0.696. The molecule has 116 valence electrons. The largest absolute Gasteiger partial charge is 0.381 e. The molecule has 3 rings (SSSR count). The lowest BCUT2D eigenvalue weighted by Gasteiger charge is -2.46. The van der Waals surface area contributed by atoms with Gasteiger partial charge in [0.15, 0.2) is 0 Å². The number of nitrogens with zero attached hydrogens (tertiary/aromatic N) is 2. The summed E-state index contributed by atoms with van der Waals surface area (Å²) in [5.41, 5.74) is 0. The predicted molar refractivity (Wildman–Crippen MR) is 82.0 cm³/mol. The Morgan fingerprint density at radius 1 is 1.10 bits per heavy atom. The Labute approximate surface area is 123 Å². The van der Waals surface area contributed by atoms with Crippen molar-refractivity contribution >= 4 is 0 Å². The van der Waals surface area contributed by atoms with Crippen LogP contribution in [0.2, 0.25) is 0 Å². The zero-order chi connectivity index (χ0) is 13.8. The van der Waals surface area contributed by atoms with E-state index in [2.05, 4.69) is 22.2 Å². The molecule has 3 aliphatic heterocycles. The first kappa shape index (κ1) is 14.8. The highest BCUT2D eigenvalue weighted by Gasteiger charge is 2.33. The van der Waals surface area contributed by atoms with Crippen molar-refractivity contribution in [1.29, 1.82) is 0 Å². The molecule has 0 radical (unpaired) electrons. The third-order valence-corrected chi connectivity index (χ3v) is 5.51. The maximum Gasteiger partial charge on any atom is 0.0480 e. The lowest BCUT2D eigenvalue weighted by molar-refractivity contribution is 0.0374. The average Bonchev–Trinajstić information content (AvgIpc) is 2.48. The number of ether oxygens (including phenoxy) is 1. The minimum absolute atomic E-state index is 0.696. The smallest absolute Gasteiger partial charge is 0.0480 e. The zero-order valence-corrected chi connectivity index (χ0v) is 13.0. The summed E-state index contributed by atoms with van der Waals surface area (Å²) in [7, 11) is 2.32. The van der Waals surface area contributed by atoms with Crippen molar-refractivity contribution in [2.45, 2.75) is 44.2 Å². The molecule has 1 N–H and O–H groups in total. The Morgan fingerprint density at radius 3 is 2.80 bits per heavy atom. The molecule has 3 aliphatic rings. The fourth-order valence-electron chi connectivity index (χ4n) is 4.26. The molecule has 0 amide bonds. The standard InChI is InChI=1S/C16H31N3O/c1-18-8-2-3-14-13-19(9-4-16(14)18)10-7-17-15-5-11-20-12-6-15/h14-17H,2-13H2,1H3. The molecule has 0 spiro atoms. The van der Waals surface area contributed by atoms with E-state index in [4.69, 9.17) is 4.74 Å². The van der Waals surface area contributed by atoms with Gasteiger partial charge in [-0.3, -0.25) is 0 Å². The molecule has 2 atom stereocenters. The SMILES string of the molecule is CN1CCCC2CN(CCNC3CCOCC3)CCC21. The Hall–Kier alpha value is -0.160. The van der Waals surface area contributed by atoms with Gasteiger partial charge < -0.3 is 19.9 Å². The van der Waals surface area contributed by atoms with E-state index in [1.54, 1.807) is 0 Å². The average molecular weight is 281 g/mol. The van der Waals surface area contributed by atoms with Crippen molar-refractivity contribution in [3.05, 3.63) is 0 Å². The van der Waals surface area contributed by atoms with E-state index in [1.807, 2.05) is 0 Å². The van der Waals surface area contributed by atoms with Gasteiger partial charge >= 0.3 is 0 Å². The fraction of sp³-hybridized carbons (Fsp3) is 1.00. The summed E-state index contributed by atoms with van der Waals surface area (Å²) in [6.07, 6.45) is 6.59. The van der Waals surface area contributed by atoms with Crippen LogP contribution >= 0.6 is 0 Å². The monoisotopic (exact) mass is 281 g/mol. The van der Waals surface area contributed by atoms with Gasteiger partial charge in [-0.15, -0.1) is 0 Å². The highest BCUT2D eigenvalue weighted by Crippen LogP contribution is 2.29. The van der Waals surface area contributed by atoms with Gasteiger partial charge in [-0.25, -0.2) is 0 Å². The van der Waals surface area contributed by atoms with Crippen LogP contribution in [0.3, 0.4) is 0 Å². The lowest BCUT2D eigenvalue weighted by Crippen LogP contribution is -2.53. The molecular weight excluding hydrogens is 250 g/mol. The van der Waals surface area contributed by atoms with Gasteiger partial charge in [0.2, 0.25) is 0 Å². The molecule has 0 aromatic carbocycles. The summed E-state index contributed by atoms with van der Waals surface area (Å²) in [6, 6.07) is 1.56. The van der Waals surface area contributed by atoms with Gasteiger partial charge in [0.05, 0.1) is 0 Å². The second kappa shape index (κ2) is 7.21. The van der Waals surface area contributed by atoms with E-state index in [9.17, 15) is 0 Å². The highest BCUT2D eigenvalue weighted by atomic mass is 16.5. The maximum atomic E-state index is 5.41. The lowest BCUT2D eigenvalue weighted by atomic mass is 9.84. The Balaban J connectivity index is 1.36. The number of fused-ring (bicyclic) bond motifs is 1. The molecular formula is C16H31N3O. The number of rotatable bonds is 4. The van der Waals surface area contributed by atoms with Gasteiger partial charge in [-0.05, 0) is 58.2 Å². The summed E-state index contributed by atoms with van der Waals surface area (Å²) in [5.74, 6) is 0.922. The number of nitrogens with one attached hydrogen (secondary N) is 1. The molecule has 0 saturated carbocycles. The van der Waals surface area contributed by atoms with Crippen LogP contribution in [-0.4, -0.2) is 74.9 Å². The van der Waals surface area contributed by atoms with Crippen molar-refractivity contribution in [1.82, 2.24) is 15.1 Å². The van der Waals surface area contributed by atoms with Gasteiger partial charge in [0.1, 0.15) is 0 Å². The molecule has 3 saturated heterocycles. The van der Waals surface area contributed by atoms with E-state index in [-0.39, 0.29) is 0 Å². The molecule has 4 nitrogen and oxygen atoms in total. The van der Waals surface area contributed by atoms with Gasteiger partial charge in [-0.1, -0.05) is 0 Å². The van der Waals surface area contributed by atoms with Crippen LogP contribution in [0, 0.1) is 5.92 Å². The normalized spacial score (nSPS) is 34.0. The van der Waals surface area contributed by atoms with Crippen molar-refractivity contribution in [2.24, 2.45) is 5.92 Å². The first-order chi connectivity index (χ1) is 9.83. The highest BCUT2D eigenvalue weighted by molar-refractivity contribution is 4.89. The molecule has 0 aliphatic carbocycles. The van der Waals surface area contributed by atoms with Crippen LogP contribution in [0.5, 0.6) is 0 Å². The Bertz CT molecular complexity index is 293. The summed E-state index contributed by atoms with van der Waals surface area (Å²) < 4.78 is 5.41.